The van der Waals surface area contributed by atoms with Crippen LogP contribution in [0.4, 0.5) is 0 Å². The van der Waals surface area contributed by atoms with Gasteiger partial charge in [0.15, 0.2) is 0 Å². The van der Waals surface area contributed by atoms with Crippen LogP contribution in [-0.4, -0.2) is 34.3 Å². The molecule has 2 heterocycles. The maximum atomic E-state index is 12.6. The SMILES string of the molecule is CCCC[C@@H](O)C[NH+]1CCc2nc(Cc3ccccc3C)[nH]c(=O)c2C1. The molecule has 0 saturated heterocycles. The molecule has 1 aromatic heterocycles. The van der Waals surface area contributed by atoms with Crippen molar-refractivity contribution in [3.8, 4) is 0 Å². The molecular weight excluding hydrogens is 326 g/mol. The second-order valence-corrected chi connectivity index (χ2v) is 7.47. The first-order valence-electron chi connectivity index (χ1n) is 9.74. The summed E-state index contributed by atoms with van der Waals surface area (Å²) >= 11 is 0. The van der Waals surface area contributed by atoms with E-state index in [-0.39, 0.29) is 11.7 Å². The molecule has 26 heavy (non-hydrogen) atoms. The van der Waals surface area contributed by atoms with Crippen LogP contribution in [0.25, 0.3) is 0 Å². The summed E-state index contributed by atoms with van der Waals surface area (Å²) in [4.78, 5) is 21.6. The number of H-pyrrole nitrogens is 1. The lowest BCUT2D eigenvalue weighted by molar-refractivity contribution is -0.919. The zero-order valence-corrected chi connectivity index (χ0v) is 15.8. The number of hydrogen-bond donors (Lipinski definition) is 3. The molecule has 0 bridgehead atoms. The second kappa shape index (κ2) is 8.60. The number of aryl methyl sites for hydroxylation is 1. The maximum absolute atomic E-state index is 12.6. The maximum Gasteiger partial charge on any atom is 0.260 e. The van der Waals surface area contributed by atoms with E-state index in [1.165, 1.54) is 16.0 Å². The molecule has 3 N–H and O–H groups in total. The van der Waals surface area contributed by atoms with Crippen molar-refractivity contribution in [2.45, 2.75) is 58.6 Å². The van der Waals surface area contributed by atoms with Crippen LogP contribution in [0.2, 0.25) is 0 Å². The van der Waals surface area contributed by atoms with Crippen LogP contribution < -0.4 is 10.5 Å². The van der Waals surface area contributed by atoms with Gasteiger partial charge in [-0.25, -0.2) is 4.98 Å². The standard InChI is InChI=1S/C21H29N3O2/c1-3-4-9-17(25)13-24-11-10-19-18(14-24)21(26)23-20(22-19)12-16-8-6-5-7-15(16)2/h5-8,17,25H,3-4,9-14H2,1-2H3,(H,22,23,26)/p+1/t17-/m1/s1. The van der Waals surface area contributed by atoms with E-state index in [4.69, 9.17) is 4.98 Å². The Morgan fingerprint density at radius 2 is 2.15 bits per heavy atom. The van der Waals surface area contributed by atoms with Crippen molar-refractivity contribution in [3.63, 3.8) is 0 Å². The van der Waals surface area contributed by atoms with Gasteiger partial charge < -0.3 is 15.0 Å². The third-order valence-corrected chi connectivity index (χ3v) is 5.33. The number of hydrogen-bond acceptors (Lipinski definition) is 3. The Morgan fingerprint density at radius 1 is 1.35 bits per heavy atom. The topological polar surface area (TPSA) is 70.4 Å². The van der Waals surface area contributed by atoms with Crippen molar-refractivity contribution < 1.29 is 10.0 Å². The third-order valence-electron chi connectivity index (χ3n) is 5.33. The number of aliphatic hydroxyl groups excluding tert-OH is 1. The first kappa shape index (κ1) is 18.8. The average molecular weight is 356 g/mol. The van der Waals surface area contributed by atoms with Gasteiger partial charge in [-0.05, 0) is 24.5 Å². The normalized spacial score (nSPS) is 17.7. The monoisotopic (exact) mass is 356 g/mol. The highest BCUT2D eigenvalue weighted by molar-refractivity contribution is 5.29. The smallest absolute Gasteiger partial charge is 0.260 e. The Kier molecular flexibility index (Phi) is 6.22. The molecule has 0 radical (unpaired) electrons. The zero-order chi connectivity index (χ0) is 18.5. The summed E-state index contributed by atoms with van der Waals surface area (Å²) in [5.74, 6) is 0.745. The van der Waals surface area contributed by atoms with Gasteiger partial charge in [-0.1, -0.05) is 44.0 Å². The number of aromatic amines is 1. The van der Waals surface area contributed by atoms with E-state index in [1.807, 2.05) is 12.1 Å². The summed E-state index contributed by atoms with van der Waals surface area (Å²) < 4.78 is 0. The van der Waals surface area contributed by atoms with Crippen molar-refractivity contribution in [3.05, 3.63) is 62.8 Å². The quantitative estimate of drug-likeness (QED) is 0.697. The summed E-state index contributed by atoms with van der Waals surface area (Å²) in [5.41, 5.74) is 4.12. The summed E-state index contributed by atoms with van der Waals surface area (Å²) in [6.45, 7) is 6.51. The molecule has 0 aliphatic carbocycles. The van der Waals surface area contributed by atoms with Crippen LogP contribution in [0, 0.1) is 6.92 Å². The molecule has 5 heteroatoms. The molecule has 1 aromatic carbocycles. The van der Waals surface area contributed by atoms with E-state index >= 15 is 0 Å². The highest BCUT2D eigenvalue weighted by Gasteiger charge is 2.25. The van der Waals surface area contributed by atoms with E-state index in [0.717, 1.165) is 49.3 Å². The fraction of sp³-hybridized carbons (Fsp3) is 0.524. The predicted molar refractivity (Wildman–Crippen MR) is 102 cm³/mol. The van der Waals surface area contributed by atoms with Crippen molar-refractivity contribution in [1.82, 2.24) is 9.97 Å². The van der Waals surface area contributed by atoms with Crippen LogP contribution >= 0.6 is 0 Å². The van der Waals surface area contributed by atoms with Crippen molar-refractivity contribution in [2.75, 3.05) is 13.1 Å². The number of nitrogens with zero attached hydrogens (tertiary/aromatic N) is 1. The first-order chi connectivity index (χ1) is 12.6. The highest BCUT2D eigenvalue weighted by atomic mass is 16.3. The second-order valence-electron chi connectivity index (χ2n) is 7.47. The van der Waals surface area contributed by atoms with Crippen molar-refractivity contribution in [1.29, 1.82) is 0 Å². The van der Waals surface area contributed by atoms with Gasteiger partial charge in [0, 0.05) is 12.8 Å². The fourth-order valence-electron chi connectivity index (χ4n) is 3.74. The number of aromatic nitrogens is 2. The van der Waals surface area contributed by atoms with E-state index in [1.54, 1.807) is 0 Å². The molecule has 1 aliphatic rings. The van der Waals surface area contributed by atoms with E-state index < -0.39 is 0 Å². The van der Waals surface area contributed by atoms with Gasteiger partial charge in [0.25, 0.3) is 5.56 Å². The van der Waals surface area contributed by atoms with Crippen molar-refractivity contribution in [2.24, 2.45) is 0 Å². The minimum atomic E-state index is -0.279. The Morgan fingerprint density at radius 3 is 2.92 bits per heavy atom. The largest absolute Gasteiger partial charge is 0.387 e. The van der Waals surface area contributed by atoms with Gasteiger partial charge in [0.2, 0.25) is 0 Å². The zero-order valence-electron chi connectivity index (χ0n) is 15.8. The number of aliphatic hydroxyl groups is 1. The van der Waals surface area contributed by atoms with Crippen LogP contribution in [0.15, 0.2) is 29.1 Å². The van der Waals surface area contributed by atoms with Crippen LogP contribution in [0.3, 0.4) is 0 Å². The summed E-state index contributed by atoms with van der Waals surface area (Å²) in [7, 11) is 0. The van der Waals surface area contributed by atoms with Crippen molar-refractivity contribution >= 4 is 0 Å². The van der Waals surface area contributed by atoms with Crippen LogP contribution in [0.1, 0.15) is 54.4 Å². The van der Waals surface area contributed by atoms with E-state index in [9.17, 15) is 9.90 Å². The molecule has 0 spiro atoms. The minimum Gasteiger partial charge on any atom is -0.387 e. The lowest BCUT2D eigenvalue weighted by Crippen LogP contribution is -3.13. The van der Waals surface area contributed by atoms with Gasteiger partial charge >= 0.3 is 0 Å². The Bertz CT molecular complexity index is 800. The summed E-state index contributed by atoms with van der Waals surface area (Å²) in [5, 5.41) is 10.2. The number of fused-ring (bicyclic) bond motifs is 1. The number of unbranched alkanes of at least 4 members (excludes halogenated alkanes) is 1. The molecule has 140 valence electrons. The number of benzene rings is 1. The van der Waals surface area contributed by atoms with Gasteiger partial charge in [-0.15, -0.1) is 0 Å². The predicted octanol–water partition coefficient (Wildman–Crippen LogP) is 1.16. The van der Waals surface area contributed by atoms with Gasteiger partial charge in [-0.3, -0.25) is 4.79 Å². The summed E-state index contributed by atoms with van der Waals surface area (Å²) in [6, 6.07) is 8.20. The lowest BCUT2D eigenvalue weighted by atomic mass is 10.0. The first-order valence-corrected chi connectivity index (χ1v) is 9.74. The number of quaternary nitrogens is 1. The number of nitrogens with one attached hydrogen (secondary N) is 2. The molecule has 5 nitrogen and oxygen atoms in total. The lowest BCUT2D eigenvalue weighted by Gasteiger charge is -2.26. The van der Waals surface area contributed by atoms with Crippen LogP contribution in [-0.2, 0) is 19.4 Å². The van der Waals surface area contributed by atoms with Gasteiger partial charge in [0.1, 0.15) is 25.0 Å². The molecule has 0 saturated carbocycles. The number of rotatable bonds is 7. The van der Waals surface area contributed by atoms with E-state index in [2.05, 4.69) is 31.0 Å². The minimum absolute atomic E-state index is 0.0150. The molecule has 1 unspecified atom stereocenters. The fourth-order valence-corrected chi connectivity index (χ4v) is 3.74. The Balaban J connectivity index is 1.71. The molecule has 0 fully saturated rings. The molecule has 0 amide bonds. The molecular formula is C21H30N3O2+. The Hall–Kier alpha value is -1.98. The summed E-state index contributed by atoms with van der Waals surface area (Å²) in [6.07, 6.45) is 4.17. The highest BCUT2D eigenvalue weighted by Crippen LogP contribution is 2.12. The average Bonchev–Trinajstić information content (AvgIpc) is 2.62. The third kappa shape index (κ3) is 4.59. The molecule has 1 aliphatic heterocycles. The van der Waals surface area contributed by atoms with Gasteiger partial charge in [0.05, 0.1) is 17.8 Å². The van der Waals surface area contributed by atoms with E-state index in [0.29, 0.717) is 19.5 Å². The Labute approximate surface area is 155 Å². The molecule has 2 atom stereocenters. The molecule has 3 rings (SSSR count). The van der Waals surface area contributed by atoms with Gasteiger partial charge in [-0.2, -0.15) is 0 Å². The molecule has 2 aromatic rings. The van der Waals surface area contributed by atoms with Crippen LogP contribution in [0.5, 0.6) is 0 Å².